The third-order valence-corrected chi connectivity index (χ3v) is 6.21. The summed E-state index contributed by atoms with van der Waals surface area (Å²) in [5, 5.41) is 13.4. The Bertz CT molecular complexity index is 1590. The van der Waals surface area contributed by atoms with Gasteiger partial charge in [-0.05, 0) is 42.2 Å². The molecule has 0 fully saturated rings. The monoisotopic (exact) mass is 523 g/mol. The topological polar surface area (TPSA) is 173 Å². The van der Waals surface area contributed by atoms with Crippen LogP contribution in [0.3, 0.4) is 0 Å². The molecular formula is C25H26N5O6P. The normalized spacial score (nSPS) is 11.5. The molecule has 4 rings (SSSR count). The molecule has 0 aliphatic carbocycles. The second-order valence-electron chi connectivity index (χ2n) is 8.46. The predicted octanol–water partition coefficient (Wildman–Crippen LogP) is 2.98. The van der Waals surface area contributed by atoms with Gasteiger partial charge in [0, 0.05) is 23.9 Å². The smallest absolute Gasteiger partial charge is 0.508 e. The second-order valence-corrected chi connectivity index (χ2v) is 9.63. The van der Waals surface area contributed by atoms with Crippen molar-refractivity contribution in [2.45, 2.75) is 39.3 Å². The SMILES string of the molecule is C#CC(=O)NCc1ccc2c(c1)nc(N)c1nc(CCCC)n(Cc3cc(O)ccc3OP(=O)(O)O)c12. The highest BCUT2D eigenvalue weighted by Gasteiger charge is 2.22. The minimum Gasteiger partial charge on any atom is -0.508 e. The number of aryl methyl sites for hydroxylation is 1. The van der Waals surface area contributed by atoms with Crippen LogP contribution in [0.5, 0.6) is 11.5 Å². The van der Waals surface area contributed by atoms with Crippen LogP contribution in [0, 0.1) is 12.3 Å². The van der Waals surface area contributed by atoms with Crippen molar-refractivity contribution in [3.05, 3.63) is 53.3 Å². The lowest BCUT2D eigenvalue weighted by molar-refractivity contribution is -0.115. The zero-order valence-electron chi connectivity index (χ0n) is 20.0. The highest BCUT2D eigenvalue weighted by atomic mass is 31.2. The number of hydrogen-bond acceptors (Lipinski definition) is 7. The molecule has 2 heterocycles. The third kappa shape index (κ3) is 5.84. The number of imidazole rings is 1. The maximum Gasteiger partial charge on any atom is 0.524 e. The number of fused-ring (bicyclic) bond motifs is 3. The number of phenols is 1. The van der Waals surface area contributed by atoms with Gasteiger partial charge in [0.2, 0.25) is 0 Å². The molecule has 0 aliphatic rings. The van der Waals surface area contributed by atoms with E-state index in [1.807, 2.05) is 22.6 Å². The van der Waals surface area contributed by atoms with Crippen LogP contribution < -0.4 is 15.6 Å². The van der Waals surface area contributed by atoms with Crippen molar-refractivity contribution in [2.75, 3.05) is 5.73 Å². The zero-order chi connectivity index (χ0) is 26.7. The van der Waals surface area contributed by atoms with E-state index in [9.17, 15) is 24.3 Å². The Morgan fingerprint density at radius 2 is 2.03 bits per heavy atom. The zero-order valence-corrected chi connectivity index (χ0v) is 20.9. The molecule has 4 aromatic rings. The highest BCUT2D eigenvalue weighted by Crippen LogP contribution is 2.41. The van der Waals surface area contributed by atoms with E-state index in [-0.39, 0.29) is 30.4 Å². The highest BCUT2D eigenvalue weighted by molar-refractivity contribution is 7.46. The molecule has 0 radical (unpaired) electrons. The van der Waals surface area contributed by atoms with Crippen molar-refractivity contribution in [3.63, 3.8) is 0 Å². The van der Waals surface area contributed by atoms with Crippen LogP contribution >= 0.6 is 7.82 Å². The molecule has 11 nitrogen and oxygen atoms in total. The summed E-state index contributed by atoms with van der Waals surface area (Å²) >= 11 is 0. The average molecular weight is 523 g/mol. The number of phenolic OH excluding ortho intramolecular Hbond substituents is 1. The lowest BCUT2D eigenvalue weighted by atomic mass is 10.1. The fourth-order valence-electron chi connectivity index (χ4n) is 4.12. The summed E-state index contributed by atoms with van der Waals surface area (Å²) in [6.45, 7) is 2.36. The molecular weight excluding hydrogens is 497 g/mol. The van der Waals surface area contributed by atoms with E-state index in [4.69, 9.17) is 21.7 Å². The standard InChI is InChI=1S/C25H26N5O6P/c1-3-5-6-21-29-23-24(30(21)14-16-12-17(31)8-10-20(16)36-37(33,34)35)18-9-7-15(13-27-22(32)4-2)11-19(18)28-25(23)26/h2,7-12,31H,3,5-6,13-14H2,1H3,(H2,26,28)(H,27,32)(H2,33,34,35). The van der Waals surface area contributed by atoms with E-state index in [2.05, 4.69) is 17.2 Å². The van der Waals surface area contributed by atoms with E-state index in [1.165, 1.54) is 18.2 Å². The van der Waals surface area contributed by atoms with Crippen LogP contribution in [0.2, 0.25) is 0 Å². The number of aromatic nitrogens is 3. The van der Waals surface area contributed by atoms with Crippen LogP contribution in [0.15, 0.2) is 36.4 Å². The quantitative estimate of drug-likeness (QED) is 0.163. The van der Waals surface area contributed by atoms with Crippen LogP contribution in [0.4, 0.5) is 5.82 Å². The number of nitrogens with zero attached hydrogens (tertiary/aromatic N) is 3. The molecule has 0 spiro atoms. The second kappa shape index (κ2) is 10.5. The van der Waals surface area contributed by atoms with Gasteiger partial charge in [0.1, 0.15) is 22.8 Å². The molecule has 0 aliphatic heterocycles. The van der Waals surface area contributed by atoms with Crippen LogP contribution in [-0.4, -0.2) is 35.3 Å². The third-order valence-electron chi connectivity index (χ3n) is 5.78. The number of pyridine rings is 1. The Labute approximate surface area is 212 Å². The van der Waals surface area contributed by atoms with Crippen molar-refractivity contribution in [1.82, 2.24) is 19.9 Å². The van der Waals surface area contributed by atoms with Crippen LogP contribution in [-0.2, 0) is 28.9 Å². The van der Waals surface area contributed by atoms with E-state index in [1.54, 1.807) is 6.07 Å². The average Bonchev–Trinajstić information content (AvgIpc) is 3.20. The number of unbranched alkanes of at least 4 members (excludes halogenated alkanes) is 1. The summed E-state index contributed by atoms with van der Waals surface area (Å²) < 4.78 is 18.3. The lowest BCUT2D eigenvalue weighted by Crippen LogP contribution is -2.20. The summed E-state index contributed by atoms with van der Waals surface area (Å²) in [6, 6.07) is 9.45. The largest absolute Gasteiger partial charge is 0.524 e. The number of hydrogen-bond donors (Lipinski definition) is 5. The summed E-state index contributed by atoms with van der Waals surface area (Å²) in [4.78, 5) is 39.5. The van der Waals surface area contributed by atoms with Gasteiger partial charge in [-0.3, -0.25) is 14.6 Å². The molecule has 12 heteroatoms. The van der Waals surface area contributed by atoms with Gasteiger partial charge < -0.3 is 25.2 Å². The number of nitrogen functional groups attached to an aromatic ring is 1. The lowest BCUT2D eigenvalue weighted by Gasteiger charge is -2.16. The Balaban J connectivity index is 1.89. The molecule has 0 saturated heterocycles. The van der Waals surface area contributed by atoms with E-state index in [0.717, 1.165) is 23.8 Å². The molecule has 0 unspecified atom stereocenters. The molecule has 2 aromatic heterocycles. The number of carbonyl (C=O) groups is 1. The molecule has 6 N–H and O–H groups in total. The number of nitrogens with two attached hydrogens (primary N) is 1. The van der Waals surface area contributed by atoms with Crippen molar-refractivity contribution in [1.29, 1.82) is 0 Å². The Hall–Kier alpha value is -4.10. The Kier molecular flexibility index (Phi) is 7.36. The number of benzene rings is 2. The number of carbonyl (C=O) groups excluding carboxylic acids is 1. The van der Waals surface area contributed by atoms with Gasteiger partial charge in [-0.2, -0.15) is 0 Å². The summed E-state index contributed by atoms with van der Waals surface area (Å²) in [7, 11) is -4.84. The van der Waals surface area contributed by atoms with Crippen molar-refractivity contribution in [3.8, 4) is 23.8 Å². The number of rotatable bonds is 9. The first kappa shape index (κ1) is 26.0. The summed E-state index contributed by atoms with van der Waals surface area (Å²) in [5.74, 6) is 2.25. The summed E-state index contributed by atoms with van der Waals surface area (Å²) in [6.07, 6.45) is 7.50. The van der Waals surface area contributed by atoms with Crippen molar-refractivity contribution >= 4 is 41.5 Å². The first-order valence-electron chi connectivity index (χ1n) is 11.5. The molecule has 0 bridgehead atoms. The minimum absolute atomic E-state index is 0.0627. The maximum absolute atomic E-state index is 11.6. The van der Waals surface area contributed by atoms with E-state index in [0.29, 0.717) is 34.4 Å². The van der Waals surface area contributed by atoms with E-state index >= 15 is 0 Å². The molecule has 192 valence electrons. The number of terminal acetylenes is 1. The van der Waals surface area contributed by atoms with Crippen LogP contribution in [0.1, 0.15) is 36.7 Å². The van der Waals surface area contributed by atoms with Gasteiger partial charge in [-0.25, -0.2) is 14.5 Å². The van der Waals surface area contributed by atoms with Gasteiger partial charge in [0.15, 0.2) is 5.82 Å². The number of phosphoric ester groups is 1. The number of nitrogens with one attached hydrogen (secondary N) is 1. The molecule has 2 aromatic carbocycles. The van der Waals surface area contributed by atoms with Gasteiger partial charge in [0.05, 0.1) is 17.6 Å². The molecule has 0 atom stereocenters. The number of aromatic hydroxyl groups is 1. The fraction of sp³-hybridized carbons (Fsp3) is 0.240. The van der Waals surface area contributed by atoms with Gasteiger partial charge in [-0.1, -0.05) is 25.5 Å². The minimum atomic E-state index is -4.84. The van der Waals surface area contributed by atoms with E-state index < -0.39 is 13.7 Å². The molecule has 0 saturated carbocycles. The Morgan fingerprint density at radius 3 is 2.73 bits per heavy atom. The van der Waals surface area contributed by atoms with Crippen molar-refractivity contribution < 1.29 is 28.8 Å². The first-order chi connectivity index (χ1) is 17.6. The van der Waals surface area contributed by atoms with Gasteiger partial charge in [-0.15, -0.1) is 6.42 Å². The van der Waals surface area contributed by atoms with Gasteiger partial charge >= 0.3 is 7.82 Å². The maximum atomic E-state index is 11.6. The Morgan fingerprint density at radius 1 is 1.24 bits per heavy atom. The van der Waals surface area contributed by atoms with Crippen molar-refractivity contribution in [2.24, 2.45) is 0 Å². The number of amides is 1. The fourth-order valence-corrected chi connectivity index (χ4v) is 4.55. The summed E-state index contributed by atoms with van der Waals surface area (Å²) in [5.41, 5.74) is 9.16. The van der Waals surface area contributed by atoms with Gasteiger partial charge in [0.25, 0.3) is 5.91 Å². The predicted molar refractivity (Wildman–Crippen MR) is 139 cm³/mol. The molecule has 37 heavy (non-hydrogen) atoms. The molecule has 1 amide bonds. The van der Waals surface area contributed by atoms with Crippen LogP contribution in [0.25, 0.3) is 21.9 Å². The number of anilines is 1. The first-order valence-corrected chi connectivity index (χ1v) is 13.0. The number of phosphoric acid groups is 1.